The predicted octanol–water partition coefficient (Wildman–Crippen LogP) is 0.312. The van der Waals surface area contributed by atoms with Crippen LogP contribution in [0.5, 0.6) is 0 Å². The van der Waals surface area contributed by atoms with Gasteiger partial charge in [0.05, 0.1) is 0 Å². The second kappa shape index (κ2) is 3.73. The van der Waals surface area contributed by atoms with Crippen LogP contribution in [0.3, 0.4) is 0 Å². The Morgan fingerprint density at radius 1 is 1.33 bits per heavy atom. The smallest absolute Gasteiger partial charge is 0.313 e. The lowest BCUT2D eigenvalue weighted by Gasteiger charge is -2.11. The quantitative estimate of drug-likeness (QED) is 0.551. The Kier molecular flexibility index (Phi) is 2.66. The van der Waals surface area contributed by atoms with E-state index in [1.54, 1.807) is 0 Å². The summed E-state index contributed by atoms with van der Waals surface area (Å²) in [4.78, 5) is 10.4. The van der Waals surface area contributed by atoms with Crippen LogP contribution in [0.25, 0.3) is 0 Å². The number of benzene rings is 1. The Morgan fingerprint density at radius 2 is 1.92 bits per heavy atom. The van der Waals surface area contributed by atoms with Crippen molar-refractivity contribution in [3.05, 3.63) is 35.9 Å². The molecular formula is C8H11N3O. The summed E-state index contributed by atoms with van der Waals surface area (Å²) in [6.45, 7) is 0. The maximum Gasteiger partial charge on any atom is 0.313 e. The maximum absolute atomic E-state index is 10.4. The summed E-state index contributed by atoms with van der Waals surface area (Å²) in [5, 5.41) is 2.38. The fraction of sp³-hybridized carbons (Fsp3) is 0.125. The first-order valence-electron chi connectivity index (χ1n) is 3.56. The average Bonchev–Trinajstić information content (AvgIpc) is 2.05. The van der Waals surface area contributed by atoms with E-state index in [9.17, 15) is 4.79 Å². The van der Waals surface area contributed by atoms with Crippen molar-refractivity contribution >= 4 is 6.03 Å². The van der Waals surface area contributed by atoms with Crippen LogP contribution in [-0.2, 0) is 0 Å². The van der Waals surface area contributed by atoms with E-state index in [0.717, 1.165) is 5.56 Å². The fourth-order valence-corrected chi connectivity index (χ4v) is 0.897. The molecule has 0 aliphatic rings. The highest BCUT2D eigenvalue weighted by molar-refractivity contribution is 5.72. The molecule has 0 aromatic heterocycles. The highest BCUT2D eigenvalue weighted by Gasteiger charge is 2.04. The lowest BCUT2D eigenvalue weighted by molar-refractivity contribution is 0.245. The van der Waals surface area contributed by atoms with Crippen LogP contribution in [0.2, 0.25) is 0 Å². The molecule has 0 aliphatic carbocycles. The largest absolute Gasteiger partial charge is 0.352 e. The molecule has 0 bridgehead atoms. The van der Waals surface area contributed by atoms with E-state index in [1.807, 2.05) is 30.3 Å². The van der Waals surface area contributed by atoms with Gasteiger partial charge in [-0.05, 0) is 5.56 Å². The molecule has 0 spiro atoms. The summed E-state index contributed by atoms with van der Waals surface area (Å²) in [5.74, 6) is 0. The van der Waals surface area contributed by atoms with Crippen LogP contribution >= 0.6 is 0 Å². The number of nitrogens with two attached hydrogens (primary N) is 2. The Labute approximate surface area is 70.6 Å². The van der Waals surface area contributed by atoms with Crippen molar-refractivity contribution in [2.45, 2.75) is 6.17 Å². The van der Waals surface area contributed by atoms with Crippen molar-refractivity contribution < 1.29 is 4.79 Å². The SMILES string of the molecule is NC(=O)NC(N)c1ccccc1. The van der Waals surface area contributed by atoms with Gasteiger partial charge < -0.3 is 16.8 Å². The molecule has 64 valence electrons. The van der Waals surface area contributed by atoms with Crippen LogP contribution in [0.15, 0.2) is 30.3 Å². The van der Waals surface area contributed by atoms with Gasteiger partial charge >= 0.3 is 6.03 Å². The van der Waals surface area contributed by atoms with E-state index >= 15 is 0 Å². The Bertz CT molecular complexity index is 260. The minimum atomic E-state index is -0.619. The number of primary amides is 1. The normalized spacial score (nSPS) is 12.1. The van der Waals surface area contributed by atoms with Crippen LogP contribution in [0, 0.1) is 0 Å². The number of rotatable bonds is 2. The van der Waals surface area contributed by atoms with E-state index in [1.165, 1.54) is 0 Å². The van der Waals surface area contributed by atoms with E-state index in [-0.39, 0.29) is 0 Å². The van der Waals surface area contributed by atoms with Crippen molar-refractivity contribution in [3.8, 4) is 0 Å². The lowest BCUT2D eigenvalue weighted by Crippen LogP contribution is -2.37. The van der Waals surface area contributed by atoms with Crippen molar-refractivity contribution in [1.29, 1.82) is 0 Å². The number of amides is 2. The molecule has 1 aromatic rings. The third kappa shape index (κ3) is 2.25. The monoisotopic (exact) mass is 165 g/mol. The molecule has 4 heteroatoms. The Balaban J connectivity index is 2.65. The predicted molar refractivity (Wildman–Crippen MR) is 46.1 cm³/mol. The summed E-state index contributed by atoms with van der Waals surface area (Å²) in [7, 11) is 0. The van der Waals surface area contributed by atoms with Gasteiger partial charge in [-0.1, -0.05) is 30.3 Å². The molecule has 0 heterocycles. The van der Waals surface area contributed by atoms with Crippen LogP contribution in [-0.4, -0.2) is 6.03 Å². The molecule has 1 unspecified atom stereocenters. The molecule has 4 nitrogen and oxygen atoms in total. The molecule has 1 rings (SSSR count). The lowest BCUT2D eigenvalue weighted by atomic mass is 10.2. The van der Waals surface area contributed by atoms with E-state index in [4.69, 9.17) is 11.5 Å². The minimum Gasteiger partial charge on any atom is -0.352 e. The molecule has 2 amide bonds. The molecular weight excluding hydrogens is 154 g/mol. The van der Waals surface area contributed by atoms with Crippen molar-refractivity contribution in [2.24, 2.45) is 11.5 Å². The highest BCUT2D eigenvalue weighted by atomic mass is 16.2. The van der Waals surface area contributed by atoms with Gasteiger partial charge in [-0.15, -0.1) is 0 Å². The van der Waals surface area contributed by atoms with Crippen molar-refractivity contribution in [3.63, 3.8) is 0 Å². The maximum atomic E-state index is 10.4. The van der Waals surface area contributed by atoms with Gasteiger partial charge in [0.15, 0.2) is 0 Å². The summed E-state index contributed by atoms with van der Waals surface area (Å²) in [6, 6.07) is 8.59. The molecule has 0 fully saturated rings. The van der Waals surface area contributed by atoms with Crippen molar-refractivity contribution in [2.75, 3.05) is 0 Å². The van der Waals surface area contributed by atoms with Gasteiger partial charge in [-0.3, -0.25) is 0 Å². The number of hydrogen-bond donors (Lipinski definition) is 3. The van der Waals surface area contributed by atoms with Crippen LogP contribution in [0.1, 0.15) is 11.7 Å². The van der Waals surface area contributed by atoms with Gasteiger partial charge in [0.2, 0.25) is 0 Å². The Morgan fingerprint density at radius 3 is 2.42 bits per heavy atom. The first kappa shape index (κ1) is 8.55. The molecule has 0 radical (unpaired) electrons. The number of carbonyl (C=O) groups is 1. The van der Waals surface area contributed by atoms with Crippen LogP contribution in [0.4, 0.5) is 4.79 Å². The third-order valence-electron chi connectivity index (χ3n) is 1.46. The molecule has 0 aliphatic heterocycles. The number of urea groups is 1. The first-order chi connectivity index (χ1) is 5.70. The second-order valence-corrected chi connectivity index (χ2v) is 2.40. The summed E-state index contributed by atoms with van der Waals surface area (Å²) in [6.07, 6.45) is -0.524. The van der Waals surface area contributed by atoms with Crippen molar-refractivity contribution in [1.82, 2.24) is 5.32 Å². The standard InChI is InChI=1S/C8H11N3O/c9-7(11-8(10)12)6-4-2-1-3-5-6/h1-5,7H,9H2,(H3,10,11,12). The minimum absolute atomic E-state index is 0.524. The average molecular weight is 165 g/mol. The second-order valence-electron chi connectivity index (χ2n) is 2.40. The van der Waals surface area contributed by atoms with E-state index < -0.39 is 12.2 Å². The highest BCUT2D eigenvalue weighted by Crippen LogP contribution is 2.04. The van der Waals surface area contributed by atoms with Crippen LogP contribution < -0.4 is 16.8 Å². The number of carbonyl (C=O) groups excluding carboxylic acids is 1. The molecule has 12 heavy (non-hydrogen) atoms. The molecule has 0 saturated carbocycles. The number of nitrogens with one attached hydrogen (secondary N) is 1. The first-order valence-corrected chi connectivity index (χ1v) is 3.56. The zero-order valence-corrected chi connectivity index (χ0v) is 6.53. The molecule has 1 atom stereocenters. The summed E-state index contributed by atoms with van der Waals surface area (Å²) < 4.78 is 0. The zero-order chi connectivity index (χ0) is 8.97. The Hall–Kier alpha value is -1.55. The van der Waals surface area contributed by atoms with Gasteiger partial charge in [-0.2, -0.15) is 0 Å². The molecule has 1 aromatic carbocycles. The summed E-state index contributed by atoms with van der Waals surface area (Å²) in [5.41, 5.74) is 11.3. The van der Waals surface area contributed by atoms with E-state index in [0.29, 0.717) is 0 Å². The molecule has 5 N–H and O–H groups in total. The topological polar surface area (TPSA) is 81.1 Å². The van der Waals surface area contributed by atoms with Gasteiger partial charge in [0.1, 0.15) is 6.17 Å². The van der Waals surface area contributed by atoms with Gasteiger partial charge in [0.25, 0.3) is 0 Å². The third-order valence-corrected chi connectivity index (χ3v) is 1.46. The van der Waals surface area contributed by atoms with Gasteiger partial charge in [-0.25, -0.2) is 4.79 Å². The summed E-state index contributed by atoms with van der Waals surface area (Å²) >= 11 is 0. The van der Waals surface area contributed by atoms with Gasteiger partial charge in [0, 0.05) is 0 Å². The number of hydrogen-bond acceptors (Lipinski definition) is 2. The zero-order valence-electron chi connectivity index (χ0n) is 6.53. The molecule has 0 saturated heterocycles. The van der Waals surface area contributed by atoms with E-state index in [2.05, 4.69) is 5.32 Å². The fourth-order valence-electron chi connectivity index (χ4n) is 0.897.